The van der Waals surface area contributed by atoms with Gasteiger partial charge in [-0.25, -0.2) is 5.01 Å². The van der Waals surface area contributed by atoms with Crippen LogP contribution in [0, 0.1) is 0 Å². The molecule has 0 N–H and O–H groups in total. The molecule has 150 valence electrons. The van der Waals surface area contributed by atoms with E-state index in [2.05, 4.69) is 67.4 Å². The molecule has 3 nitrogen and oxygen atoms in total. The maximum absolute atomic E-state index is 6.55. The van der Waals surface area contributed by atoms with Crippen LogP contribution in [0.15, 0.2) is 96.1 Å². The fraction of sp³-hybridized carbons (Fsp3) is 0.115. The Labute approximate surface area is 182 Å². The fourth-order valence-corrected chi connectivity index (χ4v) is 3.54. The van der Waals surface area contributed by atoms with E-state index in [-0.39, 0.29) is 0 Å². The van der Waals surface area contributed by atoms with Crippen LogP contribution in [0.4, 0.5) is 17.1 Å². The highest BCUT2D eigenvalue weighted by Crippen LogP contribution is 2.29. The minimum Gasteiger partial charge on any atom is -0.375 e. The molecule has 0 saturated carbocycles. The summed E-state index contributed by atoms with van der Waals surface area (Å²) < 4.78 is 0. The molecule has 0 atom stereocenters. The van der Waals surface area contributed by atoms with Crippen molar-refractivity contribution in [2.45, 2.75) is 6.92 Å². The number of hydrogen-bond acceptors (Lipinski definition) is 3. The number of hydrazone groups is 1. The molecule has 4 rings (SSSR count). The van der Waals surface area contributed by atoms with Crippen LogP contribution in [0.1, 0.15) is 12.5 Å². The number of benzene rings is 4. The zero-order valence-electron chi connectivity index (χ0n) is 17.2. The van der Waals surface area contributed by atoms with Gasteiger partial charge in [-0.2, -0.15) is 5.10 Å². The predicted molar refractivity (Wildman–Crippen MR) is 131 cm³/mol. The van der Waals surface area contributed by atoms with E-state index in [1.54, 1.807) is 0 Å². The van der Waals surface area contributed by atoms with Crippen LogP contribution in [0.25, 0.3) is 10.8 Å². The Morgan fingerprint density at radius 1 is 0.767 bits per heavy atom. The van der Waals surface area contributed by atoms with Crippen LogP contribution in [-0.2, 0) is 0 Å². The Kier molecular flexibility index (Phi) is 6.01. The smallest absolute Gasteiger partial charge is 0.0659 e. The third kappa shape index (κ3) is 4.32. The zero-order valence-corrected chi connectivity index (χ0v) is 17.9. The molecule has 4 aromatic rings. The molecule has 0 aromatic heterocycles. The molecule has 0 spiro atoms. The van der Waals surface area contributed by atoms with Crippen molar-refractivity contribution in [1.29, 1.82) is 0 Å². The van der Waals surface area contributed by atoms with E-state index >= 15 is 0 Å². The van der Waals surface area contributed by atoms with Crippen LogP contribution in [-0.4, -0.2) is 19.8 Å². The van der Waals surface area contributed by atoms with E-state index in [4.69, 9.17) is 16.7 Å². The summed E-state index contributed by atoms with van der Waals surface area (Å²) in [5.41, 5.74) is 3.96. The first-order valence-electron chi connectivity index (χ1n) is 10.0. The maximum Gasteiger partial charge on any atom is 0.0659 e. The molecule has 0 bridgehead atoms. The van der Waals surface area contributed by atoms with Gasteiger partial charge in [0.25, 0.3) is 0 Å². The Morgan fingerprint density at radius 2 is 1.47 bits per heavy atom. The lowest BCUT2D eigenvalue weighted by Gasteiger charge is -2.20. The molecule has 0 fully saturated rings. The second-order valence-corrected chi connectivity index (χ2v) is 7.55. The van der Waals surface area contributed by atoms with Crippen molar-refractivity contribution in [3.63, 3.8) is 0 Å². The minimum absolute atomic E-state index is 0.683. The average molecular weight is 414 g/mol. The molecule has 0 aliphatic carbocycles. The van der Waals surface area contributed by atoms with Crippen LogP contribution in [0.2, 0.25) is 5.02 Å². The van der Waals surface area contributed by atoms with Gasteiger partial charge in [-0.3, -0.25) is 0 Å². The molecule has 4 heteroatoms. The topological polar surface area (TPSA) is 18.8 Å². The Balaban J connectivity index is 1.72. The van der Waals surface area contributed by atoms with Crippen molar-refractivity contribution >= 4 is 45.7 Å². The van der Waals surface area contributed by atoms with Gasteiger partial charge in [-0.1, -0.05) is 60.1 Å². The average Bonchev–Trinajstić information content (AvgIpc) is 2.80. The van der Waals surface area contributed by atoms with Crippen LogP contribution >= 0.6 is 11.6 Å². The molecule has 0 heterocycles. The van der Waals surface area contributed by atoms with Gasteiger partial charge in [0.15, 0.2) is 0 Å². The lowest BCUT2D eigenvalue weighted by molar-refractivity contribution is 0.968. The normalized spacial score (nSPS) is 11.2. The quantitative estimate of drug-likeness (QED) is 0.247. The second kappa shape index (κ2) is 9.02. The van der Waals surface area contributed by atoms with Crippen molar-refractivity contribution in [2.24, 2.45) is 5.10 Å². The van der Waals surface area contributed by atoms with Crippen LogP contribution < -0.4 is 9.91 Å². The fourth-order valence-electron chi connectivity index (χ4n) is 3.32. The molecular weight excluding hydrogens is 390 g/mol. The summed E-state index contributed by atoms with van der Waals surface area (Å²) in [6, 6.07) is 30.9. The largest absolute Gasteiger partial charge is 0.375 e. The summed E-state index contributed by atoms with van der Waals surface area (Å²) in [5.74, 6) is 0. The first-order valence-corrected chi connectivity index (χ1v) is 10.4. The number of rotatable bonds is 6. The monoisotopic (exact) mass is 413 g/mol. The third-order valence-electron chi connectivity index (χ3n) is 5.19. The highest BCUT2D eigenvalue weighted by Gasteiger charge is 2.09. The van der Waals surface area contributed by atoms with Crippen molar-refractivity contribution in [3.8, 4) is 0 Å². The minimum atomic E-state index is 0.683. The summed E-state index contributed by atoms with van der Waals surface area (Å²) in [4.78, 5) is 2.15. The molecule has 4 aromatic carbocycles. The van der Waals surface area contributed by atoms with Crippen molar-refractivity contribution in [1.82, 2.24) is 0 Å². The van der Waals surface area contributed by atoms with E-state index in [9.17, 15) is 0 Å². The Bertz CT molecular complexity index is 1170. The summed E-state index contributed by atoms with van der Waals surface area (Å²) in [7, 11) is 2.05. The van der Waals surface area contributed by atoms with Gasteiger partial charge < -0.3 is 4.90 Å². The molecule has 0 saturated heterocycles. The van der Waals surface area contributed by atoms with Gasteiger partial charge in [-0.05, 0) is 60.2 Å². The van der Waals surface area contributed by atoms with E-state index in [1.165, 1.54) is 10.8 Å². The summed E-state index contributed by atoms with van der Waals surface area (Å²) >= 11 is 6.55. The molecule has 0 aliphatic heterocycles. The summed E-state index contributed by atoms with van der Waals surface area (Å²) in [6.07, 6.45) is 1.82. The SMILES string of the molecule is CCN(C)c1ccc(C=NN(c2ccccc2)c2ccc3ccccc3c2)c(Cl)c1. The number of nitrogens with zero attached hydrogens (tertiary/aromatic N) is 3. The molecule has 0 radical (unpaired) electrons. The van der Waals surface area contributed by atoms with Gasteiger partial charge in [0, 0.05) is 24.8 Å². The van der Waals surface area contributed by atoms with Gasteiger partial charge >= 0.3 is 0 Å². The number of para-hydroxylation sites is 1. The van der Waals surface area contributed by atoms with Crippen LogP contribution in [0.3, 0.4) is 0 Å². The summed E-state index contributed by atoms with van der Waals surface area (Å²) in [5, 5.41) is 9.81. The van der Waals surface area contributed by atoms with E-state index in [0.717, 1.165) is 29.2 Å². The highest BCUT2D eigenvalue weighted by atomic mass is 35.5. The standard InChI is InChI=1S/C26H24ClN3/c1-3-29(2)24-15-14-22(26(27)18-24)19-28-30(23-11-5-4-6-12-23)25-16-13-20-9-7-8-10-21(20)17-25/h4-19H,3H2,1-2H3. The molecule has 0 aliphatic rings. The van der Waals surface area contributed by atoms with Gasteiger partial charge in [-0.15, -0.1) is 0 Å². The Morgan fingerprint density at radius 3 is 2.20 bits per heavy atom. The number of fused-ring (bicyclic) bond motifs is 1. The van der Waals surface area contributed by atoms with Crippen molar-refractivity contribution < 1.29 is 0 Å². The third-order valence-corrected chi connectivity index (χ3v) is 5.52. The maximum atomic E-state index is 6.55. The molecule has 0 unspecified atom stereocenters. The van der Waals surface area contributed by atoms with Gasteiger partial charge in [0.05, 0.1) is 22.6 Å². The second-order valence-electron chi connectivity index (χ2n) is 7.14. The lowest BCUT2D eigenvalue weighted by atomic mass is 10.1. The number of halogens is 1. The van der Waals surface area contributed by atoms with Crippen molar-refractivity contribution in [3.05, 3.63) is 102 Å². The Hall–Kier alpha value is -3.30. The van der Waals surface area contributed by atoms with Gasteiger partial charge in [0.1, 0.15) is 0 Å². The van der Waals surface area contributed by atoms with Crippen LogP contribution in [0.5, 0.6) is 0 Å². The highest BCUT2D eigenvalue weighted by molar-refractivity contribution is 6.33. The molecule has 30 heavy (non-hydrogen) atoms. The molecule has 0 amide bonds. The first-order chi connectivity index (χ1) is 14.7. The summed E-state index contributed by atoms with van der Waals surface area (Å²) in [6.45, 7) is 3.04. The van der Waals surface area contributed by atoms with E-state index in [1.807, 2.05) is 53.7 Å². The predicted octanol–water partition coefficient (Wildman–Crippen LogP) is 7.12. The number of hydrogen-bond donors (Lipinski definition) is 0. The van der Waals surface area contributed by atoms with E-state index < -0.39 is 0 Å². The van der Waals surface area contributed by atoms with Gasteiger partial charge in [0.2, 0.25) is 0 Å². The lowest BCUT2D eigenvalue weighted by Crippen LogP contribution is -2.15. The van der Waals surface area contributed by atoms with Crippen molar-refractivity contribution in [2.75, 3.05) is 23.5 Å². The zero-order chi connectivity index (χ0) is 20.9. The molecular formula is C26H24ClN3. The first kappa shape index (κ1) is 20.0. The van der Waals surface area contributed by atoms with E-state index in [0.29, 0.717) is 5.02 Å². The number of anilines is 3.